The maximum atomic E-state index is 12.7. The van der Waals surface area contributed by atoms with E-state index in [2.05, 4.69) is 20.3 Å². The molecule has 1 aliphatic heterocycles. The van der Waals surface area contributed by atoms with Gasteiger partial charge in [-0.2, -0.15) is 0 Å². The lowest BCUT2D eigenvalue weighted by Gasteiger charge is -2.27. The Kier molecular flexibility index (Phi) is 7.59. The van der Waals surface area contributed by atoms with Crippen LogP contribution in [-0.2, 0) is 13.8 Å². The Morgan fingerprint density at radius 3 is 2.58 bits per heavy atom. The van der Waals surface area contributed by atoms with Crippen molar-refractivity contribution in [2.75, 3.05) is 12.4 Å². The summed E-state index contributed by atoms with van der Waals surface area (Å²) in [6, 6.07) is 0. The molecule has 0 radical (unpaired) electrons. The second-order valence-electron chi connectivity index (χ2n) is 8.20. The molecule has 0 saturated carbocycles. The van der Waals surface area contributed by atoms with E-state index in [1.807, 2.05) is 27.7 Å². The summed E-state index contributed by atoms with van der Waals surface area (Å²) in [7, 11) is -0.113. The molecule has 0 aromatic carbocycles. The Bertz CT molecular complexity index is 907. The van der Waals surface area contributed by atoms with Crippen LogP contribution < -0.4 is 5.32 Å². The van der Waals surface area contributed by atoms with Crippen LogP contribution >= 0.6 is 8.03 Å². The van der Waals surface area contributed by atoms with Crippen LogP contribution in [0.15, 0.2) is 12.7 Å². The van der Waals surface area contributed by atoms with Crippen LogP contribution in [0.5, 0.6) is 0 Å². The molecule has 0 spiro atoms. The highest BCUT2D eigenvalue weighted by Gasteiger charge is 2.49. The Morgan fingerprint density at radius 2 is 1.97 bits per heavy atom. The number of nitrogens with zero attached hydrogens (tertiary/aromatic N) is 4. The summed E-state index contributed by atoms with van der Waals surface area (Å²) in [6.07, 6.45) is 1.49. The second-order valence-corrected chi connectivity index (χ2v) is 9.68. The summed E-state index contributed by atoms with van der Waals surface area (Å²) in [5.41, 5.74) is 0.270. The zero-order valence-electron chi connectivity index (χ0n) is 18.7. The predicted molar refractivity (Wildman–Crippen MR) is 117 cm³/mol. The van der Waals surface area contributed by atoms with Crippen LogP contribution in [0.2, 0.25) is 0 Å². The van der Waals surface area contributed by atoms with E-state index in [1.54, 1.807) is 11.6 Å². The number of aliphatic hydroxyl groups excluding tert-OH is 2. The van der Waals surface area contributed by atoms with Crippen molar-refractivity contribution in [1.29, 1.82) is 0 Å². The lowest BCUT2D eigenvalue weighted by Crippen LogP contribution is -2.38. The van der Waals surface area contributed by atoms with Crippen molar-refractivity contribution in [1.82, 2.24) is 19.5 Å². The molecule has 3 heterocycles. The van der Waals surface area contributed by atoms with Crippen molar-refractivity contribution in [3.8, 4) is 0 Å². The number of rotatable bonds is 10. The minimum absolute atomic E-state index is 0.00741. The first kappa shape index (κ1) is 23.9. The van der Waals surface area contributed by atoms with Crippen LogP contribution in [0, 0.1) is 0 Å². The van der Waals surface area contributed by atoms with Gasteiger partial charge in [-0.1, -0.05) is 20.8 Å². The molecule has 1 fully saturated rings. The maximum Gasteiger partial charge on any atom is 0.511 e. The van der Waals surface area contributed by atoms with Gasteiger partial charge in [0.15, 0.2) is 23.4 Å². The molecular formula is C20H33N5O5P+. The molecule has 1 aliphatic rings. The smallest absolute Gasteiger partial charge is 0.388 e. The Morgan fingerprint density at radius 1 is 1.26 bits per heavy atom. The first-order valence-corrected chi connectivity index (χ1v) is 12.1. The molecule has 6 atom stereocenters. The van der Waals surface area contributed by atoms with Crippen LogP contribution in [0.4, 0.5) is 5.82 Å². The molecule has 0 aliphatic carbocycles. The van der Waals surface area contributed by atoms with E-state index in [0.717, 1.165) is 12.8 Å². The summed E-state index contributed by atoms with van der Waals surface area (Å²) in [4.78, 5) is 12.7. The fraction of sp³-hybridized carbons (Fsp3) is 0.750. The average molecular weight is 454 g/mol. The van der Waals surface area contributed by atoms with E-state index in [1.165, 1.54) is 12.7 Å². The predicted octanol–water partition coefficient (Wildman–Crippen LogP) is 2.99. The molecule has 2 unspecified atom stereocenters. The van der Waals surface area contributed by atoms with Crippen molar-refractivity contribution >= 4 is 25.0 Å². The first-order chi connectivity index (χ1) is 14.8. The average Bonchev–Trinajstić information content (AvgIpc) is 3.30. The van der Waals surface area contributed by atoms with Gasteiger partial charge >= 0.3 is 8.03 Å². The van der Waals surface area contributed by atoms with Gasteiger partial charge in [-0.25, -0.2) is 15.0 Å². The normalized spacial score (nSPS) is 26.4. The van der Waals surface area contributed by atoms with Gasteiger partial charge in [0.25, 0.3) is 0 Å². The van der Waals surface area contributed by atoms with Crippen LogP contribution in [0.25, 0.3) is 11.2 Å². The highest BCUT2D eigenvalue weighted by molar-refractivity contribution is 7.40. The molecule has 0 amide bonds. The lowest BCUT2D eigenvalue weighted by molar-refractivity contribution is -0.0622. The van der Waals surface area contributed by atoms with Crippen LogP contribution in [0.3, 0.4) is 0 Å². The fourth-order valence-electron chi connectivity index (χ4n) is 3.90. The van der Waals surface area contributed by atoms with Crippen molar-refractivity contribution in [2.45, 2.75) is 89.2 Å². The zero-order valence-corrected chi connectivity index (χ0v) is 19.6. The van der Waals surface area contributed by atoms with Gasteiger partial charge < -0.3 is 20.3 Å². The SMILES string of the molecule is CCC(CC)[P+](=O)O[C@@](C)(CC)C[C@H]1OC(n2cnc3c(NC)ncnc32)[C@H](O)[C@@H]1O. The van der Waals surface area contributed by atoms with Gasteiger partial charge in [-0.3, -0.25) is 4.57 Å². The number of fused-ring (bicyclic) bond motifs is 1. The molecule has 11 heteroatoms. The number of imidazole rings is 1. The van der Waals surface area contributed by atoms with E-state index in [0.29, 0.717) is 29.8 Å². The van der Waals surface area contributed by atoms with Crippen molar-refractivity contribution < 1.29 is 24.0 Å². The molecule has 3 N–H and O–H groups in total. The number of aliphatic hydroxyl groups is 2. The van der Waals surface area contributed by atoms with Crippen molar-refractivity contribution in [3.05, 3.63) is 12.7 Å². The van der Waals surface area contributed by atoms with E-state index in [9.17, 15) is 14.8 Å². The van der Waals surface area contributed by atoms with E-state index in [4.69, 9.17) is 9.26 Å². The van der Waals surface area contributed by atoms with Crippen LogP contribution in [-0.4, -0.2) is 66.4 Å². The minimum Gasteiger partial charge on any atom is -0.388 e. The molecule has 172 valence electrons. The fourth-order valence-corrected chi connectivity index (χ4v) is 5.28. The van der Waals surface area contributed by atoms with Gasteiger partial charge in [0, 0.05) is 13.5 Å². The number of nitrogens with one attached hydrogen (secondary N) is 1. The Hall–Kier alpha value is -1.71. The monoisotopic (exact) mass is 454 g/mol. The molecular weight excluding hydrogens is 421 g/mol. The van der Waals surface area contributed by atoms with Gasteiger partial charge in [0.1, 0.15) is 29.7 Å². The molecule has 1 saturated heterocycles. The highest BCUT2D eigenvalue weighted by atomic mass is 31.1. The third kappa shape index (κ3) is 4.73. The number of hydrogen-bond donors (Lipinski definition) is 3. The molecule has 31 heavy (non-hydrogen) atoms. The van der Waals surface area contributed by atoms with Gasteiger partial charge in [0.2, 0.25) is 0 Å². The molecule has 3 rings (SSSR count). The standard InChI is InChI=1S/C20H33N5O5P/c1-6-12(7-2)31(28)30-20(4,8-3)9-13-15(26)16(27)19(29-13)25-11-24-14-17(21-5)22-10-23-18(14)25/h10-13,15-16,19,26-27H,6-9H2,1-5H3,(H,21,22,23)/q+1/t13-,15-,16-,19?,20+/m1/s1. The summed E-state index contributed by atoms with van der Waals surface area (Å²) < 4.78 is 26.4. The third-order valence-electron chi connectivity index (χ3n) is 6.14. The molecule has 2 aromatic heterocycles. The van der Waals surface area contributed by atoms with E-state index < -0.39 is 38.2 Å². The summed E-state index contributed by atoms with van der Waals surface area (Å²) >= 11 is 0. The Labute approximate surface area is 183 Å². The van der Waals surface area contributed by atoms with E-state index >= 15 is 0 Å². The quantitative estimate of drug-likeness (QED) is 0.464. The van der Waals surface area contributed by atoms with Crippen LogP contribution in [0.1, 0.15) is 59.6 Å². The zero-order chi connectivity index (χ0) is 22.8. The third-order valence-corrected chi connectivity index (χ3v) is 8.09. The van der Waals surface area contributed by atoms with Gasteiger partial charge in [0.05, 0.1) is 12.4 Å². The second kappa shape index (κ2) is 9.83. The molecule has 10 nitrogen and oxygen atoms in total. The van der Waals surface area contributed by atoms with Crippen molar-refractivity contribution in [2.24, 2.45) is 0 Å². The molecule has 0 bridgehead atoms. The highest BCUT2D eigenvalue weighted by Crippen LogP contribution is 2.43. The maximum absolute atomic E-state index is 12.7. The number of aromatic nitrogens is 4. The number of anilines is 1. The Balaban J connectivity index is 1.79. The number of ether oxygens (including phenoxy) is 1. The van der Waals surface area contributed by atoms with Crippen molar-refractivity contribution in [3.63, 3.8) is 0 Å². The minimum atomic E-state index is -1.85. The molecule has 2 aromatic rings. The number of hydrogen-bond acceptors (Lipinski definition) is 9. The summed E-state index contributed by atoms with van der Waals surface area (Å²) in [5.74, 6) is 0.561. The van der Waals surface area contributed by atoms with Gasteiger partial charge in [-0.15, -0.1) is 4.52 Å². The largest absolute Gasteiger partial charge is 0.511 e. The van der Waals surface area contributed by atoms with E-state index in [-0.39, 0.29) is 5.66 Å². The lowest BCUT2D eigenvalue weighted by atomic mass is 9.93. The first-order valence-electron chi connectivity index (χ1n) is 10.8. The van der Waals surface area contributed by atoms with Gasteiger partial charge in [-0.05, 0) is 30.8 Å². The topological polar surface area (TPSA) is 132 Å². The summed E-state index contributed by atoms with van der Waals surface area (Å²) in [5, 5.41) is 24.4. The summed E-state index contributed by atoms with van der Waals surface area (Å²) in [6.45, 7) is 7.82.